The number of fused-ring (bicyclic) bond motifs is 3. The molecule has 3 heterocycles. The molecule has 6 atom stereocenters. The van der Waals surface area contributed by atoms with Gasteiger partial charge in [-0.3, -0.25) is 9.59 Å². The molecule has 0 aromatic heterocycles. The van der Waals surface area contributed by atoms with Crippen LogP contribution in [0.25, 0.3) is 0 Å². The molecule has 1 N–H and O–H groups in total. The van der Waals surface area contributed by atoms with E-state index in [-0.39, 0.29) is 23.8 Å². The maximum absolute atomic E-state index is 14.9. The molecule has 4 aliphatic rings. The van der Waals surface area contributed by atoms with Crippen molar-refractivity contribution < 1.29 is 14.0 Å². The lowest BCUT2D eigenvalue weighted by Crippen LogP contribution is -2.56. The number of likely N-dealkylation sites (tertiary alicyclic amines) is 2. The van der Waals surface area contributed by atoms with Crippen molar-refractivity contribution in [2.24, 2.45) is 11.8 Å². The Morgan fingerprint density at radius 3 is 2.81 bits per heavy atom. The van der Waals surface area contributed by atoms with Crippen molar-refractivity contribution in [3.8, 4) is 0 Å². The third-order valence-electron chi connectivity index (χ3n) is 8.86. The van der Waals surface area contributed by atoms with Crippen molar-refractivity contribution in [3.05, 3.63) is 63.6 Å². The first kappa shape index (κ1) is 25.0. The lowest BCUT2D eigenvalue weighted by molar-refractivity contribution is -0.150. The van der Waals surface area contributed by atoms with Crippen LogP contribution in [0.4, 0.5) is 10.1 Å². The number of para-hydroxylation sites is 1. The number of piperidine rings is 1. The molecule has 37 heavy (non-hydrogen) atoms. The van der Waals surface area contributed by atoms with E-state index in [0.717, 1.165) is 43.5 Å². The Kier molecular flexibility index (Phi) is 6.83. The standard InChI is InChI=1S/C29H32Cl2FN3O2/c30-20-8-9-22(31)21(15-20)25-6-3-11-34(25)29(37)28-19-13-23(32)26(14-19)35(28)27(36)10-7-17-12-18-4-1-2-5-24(18)33-16-17/h1-2,4-5,8-9,15,17,19,23,25-26,28,33H,3,6-7,10-14,16H2/t17?,19?,23-,25?,26?,28+/m0/s1. The van der Waals surface area contributed by atoms with Gasteiger partial charge in [-0.25, -0.2) is 4.39 Å². The third-order valence-corrected chi connectivity index (χ3v) is 9.44. The number of halogens is 3. The Hall–Kier alpha value is -2.31. The average Bonchev–Trinajstić information content (AvgIpc) is 3.63. The van der Waals surface area contributed by atoms with Crippen molar-refractivity contribution >= 4 is 40.7 Å². The molecule has 5 nitrogen and oxygen atoms in total. The highest BCUT2D eigenvalue weighted by atomic mass is 35.5. The van der Waals surface area contributed by atoms with Crippen LogP contribution in [0, 0.1) is 11.8 Å². The second kappa shape index (κ2) is 10.1. The van der Waals surface area contributed by atoms with Crippen LogP contribution in [-0.2, 0) is 16.0 Å². The van der Waals surface area contributed by atoms with Gasteiger partial charge in [-0.2, -0.15) is 0 Å². The molecule has 4 unspecified atom stereocenters. The summed E-state index contributed by atoms with van der Waals surface area (Å²) in [5.74, 6) is 0.0424. The largest absolute Gasteiger partial charge is 0.385 e. The number of nitrogens with zero attached hydrogens (tertiary/aromatic N) is 2. The molecule has 3 aliphatic heterocycles. The van der Waals surface area contributed by atoms with Crippen LogP contribution in [0.1, 0.15) is 55.7 Å². The summed E-state index contributed by atoms with van der Waals surface area (Å²) in [5, 5.41) is 4.63. The average molecular weight is 544 g/mol. The normalized spacial score (nSPS) is 30.4. The summed E-state index contributed by atoms with van der Waals surface area (Å²) in [6.07, 6.45) is 3.49. The molecule has 0 spiro atoms. The monoisotopic (exact) mass is 543 g/mol. The first-order valence-corrected chi connectivity index (χ1v) is 14.2. The second-order valence-electron chi connectivity index (χ2n) is 11.1. The Labute approximate surface area is 227 Å². The predicted molar refractivity (Wildman–Crippen MR) is 144 cm³/mol. The number of alkyl halides is 1. The van der Waals surface area contributed by atoms with E-state index in [0.29, 0.717) is 41.8 Å². The van der Waals surface area contributed by atoms with Crippen LogP contribution in [0.2, 0.25) is 10.0 Å². The molecular formula is C29H32Cl2FN3O2. The van der Waals surface area contributed by atoms with E-state index in [1.165, 1.54) is 5.56 Å². The van der Waals surface area contributed by atoms with Crippen molar-refractivity contribution in [2.45, 2.75) is 69.2 Å². The van der Waals surface area contributed by atoms with E-state index in [4.69, 9.17) is 23.2 Å². The van der Waals surface area contributed by atoms with Crippen LogP contribution in [0.3, 0.4) is 0 Å². The maximum atomic E-state index is 14.9. The fraction of sp³-hybridized carbons (Fsp3) is 0.517. The fourth-order valence-corrected chi connectivity index (χ4v) is 7.53. The predicted octanol–water partition coefficient (Wildman–Crippen LogP) is 6.05. The summed E-state index contributed by atoms with van der Waals surface area (Å²) in [5.41, 5.74) is 3.27. The van der Waals surface area contributed by atoms with E-state index < -0.39 is 18.3 Å². The number of rotatable bonds is 5. The number of amides is 2. The smallest absolute Gasteiger partial charge is 0.246 e. The number of hydrogen-bond donors (Lipinski definition) is 1. The molecule has 1 saturated carbocycles. The van der Waals surface area contributed by atoms with Gasteiger partial charge in [0.15, 0.2) is 0 Å². The van der Waals surface area contributed by atoms with Crippen LogP contribution < -0.4 is 5.32 Å². The van der Waals surface area contributed by atoms with Crippen molar-refractivity contribution in [2.75, 3.05) is 18.4 Å². The molecule has 3 fully saturated rings. The quantitative estimate of drug-likeness (QED) is 0.499. The number of carbonyl (C=O) groups is 2. The third kappa shape index (κ3) is 4.61. The van der Waals surface area contributed by atoms with Gasteiger partial charge in [0.1, 0.15) is 12.2 Å². The topological polar surface area (TPSA) is 52.7 Å². The van der Waals surface area contributed by atoms with E-state index in [2.05, 4.69) is 17.4 Å². The lowest BCUT2D eigenvalue weighted by atomic mass is 9.90. The van der Waals surface area contributed by atoms with Gasteiger partial charge in [0.2, 0.25) is 11.8 Å². The van der Waals surface area contributed by atoms with E-state index in [9.17, 15) is 14.0 Å². The highest BCUT2D eigenvalue weighted by Gasteiger charge is 2.57. The fourth-order valence-electron chi connectivity index (χ4n) is 7.10. The first-order chi connectivity index (χ1) is 17.9. The van der Waals surface area contributed by atoms with Crippen molar-refractivity contribution in [1.29, 1.82) is 0 Å². The summed E-state index contributed by atoms with van der Waals surface area (Å²) in [4.78, 5) is 31.1. The van der Waals surface area contributed by atoms with Crippen LogP contribution >= 0.6 is 23.2 Å². The SMILES string of the molecule is O=C([C@H]1C2CC([C@@H](F)C2)N1C(=O)CCC1CNc2ccccc2C1)N1CCCC1c1cc(Cl)ccc1Cl. The molecule has 2 saturated heterocycles. The van der Waals surface area contributed by atoms with E-state index in [1.807, 2.05) is 23.1 Å². The Morgan fingerprint density at radius 1 is 1.11 bits per heavy atom. The first-order valence-electron chi connectivity index (χ1n) is 13.4. The Bertz CT molecular complexity index is 1210. The number of anilines is 1. The maximum Gasteiger partial charge on any atom is 0.246 e. The molecule has 196 valence electrons. The summed E-state index contributed by atoms with van der Waals surface area (Å²) >= 11 is 12.7. The molecule has 1 aliphatic carbocycles. The Balaban J connectivity index is 1.18. The van der Waals surface area contributed by atoms with Crippen molar-refractivity contribution in [3.63, 3.8) is 0 Å². The minimum absolute atomic E-state index is 0.0699. The van der Waals surface area contributed by atoms with Gasteiger partial charge in [-0.1, -0.05) is 41.4 Å². The van der Waals surface area contributed by atoms with E-state index in [1.54, 1.807) is 17.0 Å². The second-order valence-corrected chi connectivity index (χ2v) is 11.9. The van der Waals surface area contributed by atoms with Gasteiger partial charge in [0.05, 0.1) is 12.1 Å². The van der Waals surface area contributed by atoms with Gasteiger partial charge in [-0.05, 0) is 85.8 Å². The minimum atomic E-state index is -1.06. The van der Waals surface area contributed by atoms with Gasteiger partial charge < -0.3 is 15.1 Å². The molecule has 2 amide bonds. The zero-order valence-electron chi connectivity index (χ0n) is 20.7. The summed E-state index contributed by atoms with van der Waals surface area (Å²) in [6, 6.07) is 12.3. The van der Waals surface area contributed by atoms with Gasteiger partial charge in [-0.15, -0.1) is 0 Å². The summed E-state index contributed by atoms with van der Waals surface area (Å²) in [6.45, 7) is 1.43. The number of hydrogen-bond acceptors (Lipinski definition) is 3. The lowest BCUT2D eigenvalue weighted by Gasteiger charge is -2.39. The number of carbonyl (C=O) groups excluding carboxylic acids is 2. The molecule has 2 aromatic rings. The van der Waals surface area contributed by atoms with Crippen LogP contribution in [-0.4, -0.2) is 53.0 Å². The molecule has 2 aromatic carbocycles. The van der Waals surface area contributed by atoms with Gasteiger partial charge in [0.25, 0.3) is 0 Å². The number of nitrogens with one attached hydrogen (secondary N) is 1. The van der Waals surface area contributed by atoms with Gasteiger partial charge in [0, 0.05) is 35.2 Å². The van der Waals surface area contributed by atoms with Crippen molar-refractivity contribution in [1.82, 2.24) is 9.80 Å². The summed E-state index contributed by atoms with van der Waals surface area (Å²) in [7, 11) is 0. The summed E-state index contributed by atoms with van der Waals surface area (Å²) < 4.78 is 14.9. The number of benzene rings is 2. The molecule has 6 rings (SSSR count). The van der Waals surface area contributed by atoms with Crippen LogP contribution in [0.15, 0.2) is 42.5 Å². The highest BCUT2D eigenvalue weighted by Crippen LogP contribution is 2.47. The molecule has 0 radical (unpaired) electrons. The minimum Gasteiger partial charge on any atom is -0.385 e. The molecule has 8 heteroatoms. The van der Waals surface area contributed by atoms with Gasteiger partial charge >= 0.3 is 0 Å². The highest BCUT2D eigenvalue weighted by molar-refractivity contribution is 6.33. The molecule has 2 bridgehead atoms. The Morgan fingerprint density at radius 2 is 1.95 bits per heavy atom. The van der Waals surface area contributed by atoms with E-state index >= 15 is 0 Å². The zero-order chi connectivity index (χ0) is 25.7. The van der Waals surface area contributed by atoms with Crippen LogP contribution in [0.5, 0.6) is 0 Å². The molecular weight excluding hydrogens is 512 g/mol. The zero-order valence-corrected chi connectivity index (χ0v) is 22.2.